The molecule has 1 fully saturated rings. The lowest BCUT2D eigenvalue weighted by Gasteiger charge is -2.23. The van der Waals surface area contributed by atoms with E-state index in [1.54, 1.807) is 0 Å². The lowest BCUT2D eigenvalue weighted by Crippen LogP contribution is -2.23. The normalized spacial score (nSPS) is 15.7. The third kappa shape index (κ3) is 2.77. The van der Waals surface area contributed by atoms with Crippen LogP contribution in [0.2, 0.25) is 0 Å². The molecule has 21 heavy (non-hydrogen) atoms. The van der Waals surface area contributed by atoms with Crippen LogP contribution in [-0.2, 0) is 5.41 Å². The van der Waals surface area contributed by atoms with E-state index < -0.39 is 0 Å². The Bertz CT molecular complexity index is 636. The van der Waals surface area contributed by atoms with Gasteiger partial charge in [0.2, 0.25) is 5.95 Å². The molecule has 112 valence electrons. The van der Waals surface area contributed by atoms with Crippen LogP contribution in [0.5, 0.6) is 0 Å². The van der Waals surface area contributed by atoms with Crippen LogP contribution in [0.1, 0.15) is 45.0 Å². The van der Waals surface area contributed by atoms with Crippen molar-refractivity contribution in [2.45, 2.75) is 46.0 Å². The second-order valence-corrected chi connectivity index (χ2v) is 6.71. The number of anilines is 1. The first-order valence-corrected chi connectivity index (χ1v) is 7.51. The number of nitrogens with zero attached hydrogens (tertiary/aromatic N) is 4. The van der Waals surface area contributed by atoms with Crippen molar-refractivity contribution in [2.24, 2.45) is 0 Å². The van der Waals surface area contributed by atoms with Gasteiger partial charge in [0.05, 0.1) is 17.0 Å². The van der Waals surface area contributed by atoms with E-state index in [2.05, 4.69) is 35.8 Å². The van der Waals surface area contributed by atoms with Crippen LogP contribution in [0.3, 0.4) is 0 Å². The van der Waals surface area contributed by atoms with Crippen molar-refractivity contribution >= 4 is 5.95 Å². The standard InChI is InChI=1S/C16H22N4O/c1-11-9-13(21-19-11)12-10-17-15(20-7-5-6-8-20)18-14(12)16(2,3)4/h9-10H,5-8H2,1-4H3. The molecule has 5 nitrogen and oxygen atoms in total. The predicted molar refractivity (Wildman–Crippen MR) is 82.4 cm³/mol. The predicted octanol–water partition coefficient (Wildman–Crippen LogP) is 3.34. The molecule has 2 aromatic rings. The van der Waals surface area contributed by atoms with Gasteiger partial charge in [-0.3, -0.25) is 0 Å². The Morgan fingerprint density at radius 2 is 1.90 bits per heavy atom. The van der Waals surface area contributed by atoms with Gasteiger partial charge in [0.15, 0.2) is 5.76 Å². The number of hydrogen-bond acceptors (Lipinski definition) is 5. The summed E-state index contributed by atoms with van der Waals surface area (Å²) < 4.78 is 5.41. The van der Waals surface area contributed by atoms with E-state index in [1.807, 2.05) is 19.2 Å². The topological polar surface area (TPSA) is 55.1 Å². The van der Waals surface area contributed by atoms with Gasteiger partial charge in [0.25, 0.3) is 0 Å². The third-order valence-corrected chi connectivity index (χ3v) is 3.77. The second-order valence-electron chi connectivity index (χ2n) is 6.71. The Balaban J connectivity index is 2.07. The second kappa shape index (κ2) is 5.13. The van der Waals surface area contributed by atoms with E-state index in [1.165, 1.54) is 12.8 Å². The van der Waals surface area contributed by atoms with E-state index in [0.717, 1.165) is 41.7 Å². The maximum Gasteiger partial charge on any atom is 0.225 e. The molecule has 1 saturated heterocycles. The van der Waals surface area contributed by atoms with Gasteiger partial charge >= 0.3 is 0 Å². The van der Waals surface area contributed by atoms with Gasteiger partial charge in [-0.2, -0.15) is 0 Å². The number of aryl methyl sites for hydroxylation is 1. The van der Waals surface area contributed by atoms with Crippen molar-refractivity contribution in [3.63, 3.8) is 0 Å². The zero-order valence-corrected chi connectivity index (χ0v) is 13.2. The zero-order valence-electron chi connectivity index (χ0n) is 13.2. The summed E-state index contributed by atoms with van der Waals surface area (Å²) in [6.45, 7) is 10.5. The molecule has 0 N–H and O–H groups in total. The fourth-order valence-corrected chi connectivity index (χ4v) is 2.68. The Labute approximate surface area is 125 Å². The lowest BCUT2D eigenvalue weighted by molar-refractivity contribution is 0.425. The highest BCUT2D eigenvalue weighted by Gasteiger charge is 2.25. The Kier molecular flexibility index (Phi) is 3.43. The molecule has 1 aliphatic rings. The highest BCUT2D eigenvalue weighted by Crippen LogP contribution is 2.33. The molecule has 2 aromatic heterocycles. The summed E-state index contributed by atoms with van der Waals surface area (Å²) in [6.07, 6.45) is 4.32. The smallest absolute Gasteiger partial charge is 0.225 e. The molecule has 0 radical (unpaired) electrons. The first-order chi connectivity index (χ1) is 9.95. The fourth-order valence-electron chi connectivity index (χ4n) is 2.68. The van der Waals surface area contributed by atoms with Crippen molar-refractivity contribution in [1.82, 2.24) is 15.1 Å². The molecule has 3 heterocycles. The number of aromatic nitrogens is 3. The number of hydrogen-bond donors (Lipinski definition) is 0. The summed E-state index contributed by atoms with van der Waals surface area (Å²) in [5.74, 6) is 1.57. The molecule has 0 saturated carbocycles. The van der Waals surface area contributed by atoms with Crippen LogP contribution in [0.25, 0.3) is 11.3 Å². The van der Waals surface area contributed by atoms with Crippen LogP contribution >= 0.6 is 0 Å². The molecule has 0 aromatic carbocycles. The van der Waals surface area contributed by atoms with Crippen molar-refractivity contribution in [1.29, 1.82) is 0 Å². The highest BCUT2D eigenvalue weighted by molar-refractivity contribution is 5.62. The molecular formula is C16H22N4O. The van der Waals surface area contributed by atoms with Gasteiger partial charge in [0.1, 0.15) is 0 Å². The highest BCUT2D eigenvalue weighted by atomic mass is 16.5. The van der Waals surface area contributed by atoms with Crippen LogP contribution in [0, 0.1) is 6.92 Å². The maximum atomic E-state index is 5.41. The Morgan fingerprint density at radius 1 is 1.19 bits per heavy atom. The van der Waals surface area contributed by atoms with Crippen molar-refractivity contribution < 1.29 is 4.52 Å². The summed E-state index contributed by atoms with van der Waals surface area (Å²) in [7, 11) is 0. The third-order valence-electron chi connectivity index (χ3n) is 3.77. The average Bonchev–Trinajstić information content (AvgIpc) is 3.08. The molecule has 0 atom stereocenters. The first-order valence-electron chi connectivity index (χ1n) is 7.51. The van der Waals surface area contributed by atoms with E-state index in [0.29, 0.717) is 0 Å². The fraction of sp³-hybridized carbons (Fsp3) is 0.562. The van der Waals surface area contributed by atoms with Crippen LogP contribution < -0.4 is 4.90 Å². The zero-order chi connectivity index (χ0) is 15.0. The number of rotatable bonds is 2. The maximum absolute atomic E-state index is 5.41. The van der Waals surface area contributed by atoms with Crippen molar-refractivity contribution in [3.8, 4) is 11.3 Å². The molecule has 0 spiro atoms. The monoisotopic (exact) mass is 286 g/mol. The molecule has 1 aliphatic heterocycles. The molecular weight excluding hydrogens is 264 g/mol. The average molecular weight is 286 g/mol. The van der Waals surface area contributed by atoms with E-state index in [9.17, 15) is 0 Å². The minimum Gasteiger partial charge on any atom is -0.356 e. The summed E-state index contributed by atoms with van der Waals surface area (Å²) in [4.78, 5) is 11.6. The molecule has 5 heteroatoms. The van der Waals surface area contributed by atoms with Crippen LogP contribution in [-0.4, -0.2) is 28.2 Å². The lowest BCUT2D eigenvalue weighted by atomic mass is 9.88. The Morgan fingerprint density at radius 3 is 2.48 bits per heavy atom. The summed E-state index contributed by atoms with van der Waals surface area (Å²) in [5.41, 5.74) is 2.74. The van der Waals surface area contributed by atoms with E-state index >= 15 is 0 Å². The van der Waals surface area contributed by atoms with E-state index in [4.69, 9.17) is 9.51 Å². The van der Waals surface area contributed by atoms with Gasteiger partial charge in [-0.25, -0.2) is 9.97 Å². The summed E-state index contributed by atoms with van der Waals surface area (Å²) in [6, 6.07) is 1.93. The van der Waals surface area contributed by atoms with Gasteiger partial charge in [-0.15, -0.1) is 0 Å². The molecule has 0 aliphatic carbocycles. The van der Waals surface area contributed by atoms with E-state index in [-0.39, 0.29) is 5.41 Å². The molecule has 3 rings (SSSR count). The van der Waals surface area contributed by atoms with Crippen LogP contribution in [0.15, 0.2) is 16.8 Å². The minimum absolute atomic E-state index is 0.0760. The SMILES string of the molecule is Cc1cc(-c2cnc(N3CCCC3)nc2C(C)(C)C)on1. The molecule has 0 unspecified atom stereocenters. The first kappa shape index (κ1) is 14.0. The van der Waals surface area contributed by atoms with Crippen molar-refractivity contribution in [2.75, 3.05) is 18.0 Å². The summed E-state index contributed by atoms with van der Waals surface area (Å²) >= 11 is 0. The van der Waals surface area contributed by atoms with Gasteiger partial charge in [0, 0.05) is 30.8 Å². The molecule has 0 amide bonds. The largest absolute Gasteiger partial charge is 0.356 e. The van der Waals surface area contributed by atoms with Gasteiger partial charge in [-0.05, 0) is 19.8 Å². The van der Waals surface area contributed by atoms with Crippen LogP contribution in [0.4, 0.5) is 5.95 Å². The molecule has 0 bridgehead atoms. The summed E-state index contributed by atoms with van der Waals surface area (Å²) in [5, 5.41) is 3.98. The van der Waals surface area contributed by atoms with Gasteiger partial charge in [-0.1, -0.05) is 25.9 Å². The van der Waals surface area contributed by atoms with Crippen molar-refractivity contribution in [3.05, 3.63) is 23.7 Å². The quantitative estimate of drug-likeness (QED) is 0.847. The Hall–Kier alpha value is -1.91. The minimum atomic E-state index is -0.0760. The van der Waals surface area contributed by atoms with Gasteiger partial charge < -0.3 is 9.42 Å².